The van der Waals surface area contributed by atoms with Gasteiger partial charge in [0.1, 0.15) is 17.3 Å². The van der Waals surface area contributed by atoms with Gasteiger partial charge in [-0.25, -0.2) is 8.78 Å². The number of pyridine rings is 2. The maximum atomic E-state index is 17.2. The Hall–Kier alpha value is -4.44. The fourth-order valence-electron chi connectivity index (χ4n) is 6.53. The number of carbonyl (C=O) groups excluding carboxylic acids is 1. The highest BCUT2D eigenvalue weighted by molar-refractivity contribution is 6.33. The number of anilines is 2. The molecular formula is C33H32ClF2N5O3. The molecule has 0 radical (unpaired) electrons. The van der Waals surface area contributed by atoms with E-state index >= 15 is 8.78 Å². The number of phenols is 1. The van der Waals surface area contributed by atoms with Gasteiger partial charge in [-0.15, -0.1) is 0 Å². The molecule has 0 aliphatic carbocycles. The molecule has 0 spiro atoms. The van der Waals surface area contributed by atoms with Gasteiger partial charge in [-0.05, 0) is 55.7 Å². The van der Waals surface area contributed by atoms with E-state index in [0.29, 0.717) is 42.3 Å². The van der Waals surface area contributed by atoms with E-state index in [0.717, 1.165) is 0 Å². The fraction of sp³-hybridized carbons (Fsp3) is 0.303. The van der Waals surface area contributed by atoms with Crippen LogP contribution in [0.2, 0.25) is 5.02 Å². The molecule has 2 aliphatic heterocycles. The molecule has 2 N–H and O–H groups in total. The van der Waals surface area contributed by atoms with Gasteiger partial charge >= 0.3 is 0 Å². The van der Waals surface area contributed by atoms with Crippen LogP contribution in [0.1, 0.15) is 37.9 Å². The number of carbonyl (C=O) groups is 1. The highest BCUT2D eigenvalue weighted by atomic mass is 35.5. The van der Waals surface area contributed by atoms with Crippen LogP contribution >= 0.6 is 11.6 Å². The van der Waals surface area contributed by atoms with Gasteiger partial charge in [0, 0.05) is 42.8 Å². The van der Waals surface area contributed by atoms with Crippen LogP contribution in [-0.2, 0) is 4.79 Å². The highest BCUT2D eigenvalue weighted by Gasteiger charge is 2.40. The van der Waals surface area contributed by atoms with Crippen LogP contribution in [0.15, 0.2) is 54.0 Å². The molecule has 2 unspecified atom stereocenters. The van der Waals surface area contributed by atoms with Gasteiger partial charge in [0.2, 0.25) is 5.91 Å². The average Bonchev–Trinajstić information content (AvgIpc) is 2.98. The number of aromatic hydroxyl groups is 1. The number of nitrogens with zero attached hydrogens (tertiary/aromatic N) is 4. The van der Waals surface area contributed by atoms with Crippen molar-refractivity contribution in [2.24, 2.45) is 0 Å². The number of piperazine rings is 1. The minimum Gasteiger partial charge on any atom is -0.507 e. The minimum atomic E-state index is -1.04. The zero-order valence-corrected chi connectivity index (χ0v) is 25.5. The zero-order valence-electron chi connectivity index (χ0n) is 24.8. The Kier molecular flexibility index (Phi) is 7.36. The second kappa shape index (κ2) is 10.9. The monoisotopic (exact) mass is 619 g/mol. The SMILES string of the molecule is C=CC(=O)N1CC2CNc3c(c4cc(F)c(-c5c(O)cccc5Cl)c(F)c4n(-c4c(C)ccnc4C(C)C)c3=O)N2CC1C. The molecule has 4 aromatic rings. The first-order valence-corrected chi connectivity index (χ1v) is 14.8. The Morgan fingerprint density at radius 3 is 2.64 bits per heavy atom. The molecule has 1 saturated heterocycles. The van der Waals surface area contributed by atoms with Gasteiger partial charge in [0.15, 0.2) is 5.82 Å². The van der Waals surface area contributed by atoms with Crippen molar-refractivity contribution in [1.82, 2.24) is 14.5 Å². The molecule has 2 atom stereocenters. The Labute approximate surface area is 258 Å². The summed E-state index contributed by atoms with van der Waals surface area (Å²) in [6.45, 7) is 12.2. The van der Waals surface area contributed by atoms with E-state index in [9.17, 15) is 14.7 Å². The van der Waals surface area contributed by atoms with Gasteiger partial charge in [-0.1, -0.05) is 38.1 Å². The number of rotatable bonds is 4. The molecule has 0 bridgehead atoms. The summed E-state index contributed by atoms with van der Waals surface area (Å²) in [5.41, 5.74) is 0.759. The average molecular weight is 620 g/mol. The quantitative estimate of drug-likeness (QED) is 0.267. The van der Waals surface area contributed by atoms with Crippen molar-refractivity contribution in [3.8, 4) is 22.6 Å². The number of hydrogen-bond donors (Lipinski definition) is 2. The third-order valence-corrected chi connectivity index (χ3v) is 8.91. The normalized spacial score (nSPS) is 17.8. The van der Waals surface area contributed by atoms with Crippen molar-refractivity contribution < 1.29 is 18.7 Å². The summed E-state index contributed by atoms with van der Waals surface area (Å²) in [5.74, 6) is -2.74. The van der Waals surface area contributed by atoms with Crippen LogP contribution in [0.5, 0.6) is 5.75 Å². The molecule has 1 fully saturated rings. The van der Waals surface area contributed by atoms with Crippen molar-refractivity contribution in [2.75, 3.05) is 29.9 Å². The number of hydrogen-bond acceptors (Lipinski definition) is 6. The summed E-state index contributed by atoms with van der Waals surface area (Å²) >= 11 is 6.38. The van der Waals surface area contributed by atoms with Crippen LogP contribution in [-0.4, -0.2) is 57.2 Å². The summed E-state index contributed by atoms with van der Waals surface area (Å²) in [7, 11) is 0. The summed E-state index contributed by atoms with van der Waals surface area (Å²) in [5, 5.41) is 14.0. The van der Waals surface area contributed by atoms with E-state index in [1.807, 2.05) is 32.6 Å². The fourth-order valence-corrected chi connectivity index (χ4v) is 6.80. The smallest absolute Gasteiger partial charge is 0.281 e. The minimum absolute atomic E-state index is 0.0482. The Balaban J connectivity index is 1.75. The van der Waals surface area contributed by atoms with Crippen molar-refractivity contribution in [3.63, 3.8) is 0 Å². The van der Waals surface area contributed by atoms with Crippen LogP contribution in [0.3, 0.4) is 0 Å². The van der Waals surface area contributed by atoms with Crippen LogP contribution in [0.25, 0.3) is 27.7 Å². The third kappa shape index (κ3) is 4.42. The lowest BCUT2D eigenvalue weighted by Gasteiger charge is -2.49. The highest BCUT2D eigenvalue weighted by Crippen LogP contribution is 2.46. The molecule has 11 heteroatoms. The van der Waals surface area contributed by atoms with Crippen molar-refractivity contribution in [3.05, 3.63) is 87.5 Å². The number of benzene rings is 2. The molecule has 6 rings (SSSR count). The lowest BCUT2D eigenvalue weighted by atomic mass is 9.95. The standard InChI is InChI=1S/C33H32ClF2N5O3/c1-6-24(43)39-15-19-13-38-29-32(40(19)14-18(39)5)20-12-22(35)26(25-21(34)8-7-9-23(25)42)27(36)31(20)41(33(29)44)30-17(4)10-11-37-28(30)16(2)3/h6-12,16,18-19,38,42H,1,13-15H2,2-5H3. The van der Waals surface area contributed by atoms with Crippen LogP contribution < -0.4 is 15.8 Å². The number of phenolic OH excluding ortho intramolecular Hbond substituents is 1. The third-order valence-electron chi connectivity index (χ3n) is 8.59. The number of nitrogens with one attached hydrogen (secondary N) is 1. The Morgan fingerprint density at radius 2 is 1.95 bits per heavy atom. The molecule has 2 aromatic heterocycles. The summed E-state index contributed by atoms with van der Waals surface area (Å²) < 4.78 is 34.6. The summed E-state index contributed by atoms with van der Waals surface area (Å²) in [6.07, 6.45) is 2.90. The zero-order chi connectivity index (χ0) is 31.6. The predicted molar refractivity (Wildman–Crippen MR) is 169 cm³/mol. The van der Waals surface area contributed by atoms with E-state index in [1.165, 1.54) is 34.9 Å². The molecular weight excluding hydrogens is 588 g/mol. The van der Waals surface area contributed by atoms with E-state index in [4.69, 9.17) is 11.6 Å². The molecule has 44 heavy (non-hydrogen) atoms. The van der Waals surface area contributed by atoms with E-state index in [2.05, 4.69) is 16.9 Å². The Morgan fingerprint density at radius 1 is 1.20 bits per heavy atom. The molecule has 1 amide bonds. The molecule has 4 heterocycles. The Bertz CT molecular complexity index is 1900. The molecule has 228 valence electrons. The van der Waals surface area contributed by atoms with E-state index < -0.39 is 28.5 Å². The van der Waals surface area contributed by atoms with Gasteiger partial charge in [-0.2, -0.15) is 0 Å². The van der Waals surface area contributed by atoms with Gasteiger partial charge in [0.05, 0.1) is 39.2 Å². The van der Waals surface area contributed by atoms with Gasteiger partial charge < -0.3 is 20.2 Å². The van der Waals surface area contributed by atoms with Crippen LogP contribution in [0.4, 0.5) is 20.2 Å². The second-order valence-electron chi connectivity index (χ2n) is 11.7. The van der Waals surface area contributed by atoms with Gasteiger partial charge in [-0.3, -0.25) is 19.1 Å². The maximum absolute atomic E-state index is 17.2. The maximum Gasteiger partial charge on any atom is 0.281 e. The first kappa shape index (κ1) is 29.6. The lowest BCUT2D eigenvalue weighted by Crippen LogP contribution is -2.62. The van der Waals surface area contributed by atoms with E-state index in [1.54, 1.807) is 17.2 Å². The molecule has 2 aliphatic rings. The molecule has 8 nitrogen and oxygen atoms in total. The molecule has 2 aromatic carbocycles. The van der Waals surface area contributed by atoms with Crippen molar-refractivity contribution in [2.45, 2.75) is 45.7 Å². The topological polar surface area (TPSA) is 90.7 Å². The number of halogens is 3. The van der Waals surface area contributed by atoms with Crippen LogP contribution in [0, 0.1) is 18.6 Å². The van der Waals surface area contributed by atoms with Gasteiger partial charge in [0.25, 0.3) is 5.56 Å². The number of fused-ring (bicyclic) bond motifs is 5. The predicted octanol–water partition coefficient (Wildman–Crippen LogP) is 6.14. The van der Waals surface area contributed by atoms with E-state index in [-0.39, 0.29) is 51.1 Å². The number of amides is 1. The summed E-state index contributed by atoms with van der Waals surface area (Å²) in [4.78, 5) is 35.4. The first-order chi connectivity index (χ1) is 21.0. The lowest BCUT2D eigenvalue weighted by molar-refractivity contribution is -0.128. The van der Waals surface area contributed by atoms with Crippen molar-refractivity contribution >= 4 is 39.8 Å². The first-order valence-electron chi connectivity index (χ1n) is 14.4. The second-order valence-corrected chi connectivity index (χ2v) is 12.1. The van der Waals surface area contributed by atoms with Crippen molar-refractivity contribution in [1.29, 1.82) is 0 Å². The summed E-state index contributed by atoms with van der Waals surface area (Å²) in [6, 6.07) is 6.60. The molecule has 0 saturated carbocycles. The number of aromatic nitrogens is 2. The number of aryl methyl sites for hydroxylation is 1. The largest absolute Gasteiger partial charge is 0.507 e.